The molecule has 0 spiro atoms. The lowest BCUT2D eigenvalue weighted by Gasteiger charge is -2.31. The Kier molecular flexibility index (Phi) is 13.8. The highest BCUT2D eigenvalue weighted by molar-refractivity contribution is 5.93. The number of carboxylic acids is 1. The van der Waals surface area contributed by atoms with E-state index in [-0.39, 0.29) is 24.8 Å². The number of nitrogens with zero attached hydrogens (tertiary/aromatic N) is 2. The predicted octanol–water partition coefficient (Wildman–Crippen LogP) is 3.20. The third kappa shape index (κ3) is 10.1. The van der Waals surface area contributed by atoms with Gasteiger partial charge in [0.1, 0.15) is 12.1 Å². The Bertz CT molecular complexity index is 716. The molecule has 0 aromatic carbocycles. The van der Waals surface area contributed by atoms with Crippen molar-refractivity contribution in [1.29, 1.82) is 0 Å². The van der Waals surface area contributed by atoms with E-state index in [1.54, 1.807) is 4.90 Å². The van der Waals surface area contributed by atoms with E-state index in [0.29, 0.717) is 13.0 Å². The summed E-state index contributed by atoms with van der Waals surface area (Å²) in [6, 6.07) is -1.87. The number of likely N-dealkylation sites (tertiary alicyclic amines) is 2. The summed E-state index contributed by atoms with van der Waals surface area (Å²) in [7, 11) is 0. The minimum atomic E-state index is -1.06. The second-order valence-corrected chi connectivity index (χ2v) is 10.5. The summed E-state index contributed by atoms with van der Waals surface area (Å²) in [4.78, 5) is 52.8. The molecule has 9 nitrogen and oxygen atoms in total. The molecule has 2 rings (SSSR count). The van der Waals surface area contributed by atoms with E-state index in [1.807, 2.05) is 0 Å². The van der Waals surface area contributed by atoms with E-state index < -0.39 is 29.9 Å². The fraction of sp³-hybridized carbons (Fsp3) is 0.852. The zero-order valence-electron chi connectivity index (χ0n) is 22.2. The summed E-state index contributed by atoms with van der Waals surface area (Å²) in [6.45, 7) is 4.59. The summed E-state index contributed by atoms with van der Waals surface area (Å²) < 4.78 is 0. The maximum Gasteiger partial charge on any atom is 0.303 e. The number of carbonyl (C=O) groups excluding carboxylic acids is 3. The topological polar surface area (TPSA) is 133 Å². The van der Waals surface area contributed by atoms with Crippen LogP contribution in [0.3, 0.4) is 0 Å². The van der Waals surface area contributed by atoms with E-state index in [1.165, 1.54) is 57.8 Å². The summed E-state index contributed by atoms with van der Waals surface area (Å²) >= 11 is 0. The Morgan fingerprint density at radius 3 is 2.08 bits per heavy atom. The monoisotopic (exact) mass is 508 g/mol. The van der Waals surface area contributed by atoms with Crippen LogP contribution in [0.15, 0.2) is 0 Å². The minimum absolute atomic E-state index is 0.00149. The Morgan fingerprint density at radius 1 is 0.889 bits per heavy atom. The van der Waals surface area contributed by atoms with E-state index in [0.717, 1.165) is 38.8 Å². The zero-order chi connectivity index (χ0) is 26.3. The number of aliphatic carboxylic acids is 1. The molecule has 0 saturated carbocycles. The average Bonchev–Trinajstić information content (AvgIpc) is 3.52. The predicted molar refractivity (Wildman–Crippen MR) is 139 cm³/mol. The molecule has 36 heavy (non-hydrogen) atoms. The third-order valence-corrected chi connectivity index (χ3v) is 7.59. The lowest BCUT2D eigenvalue weighted by atomic mass is 10.1. The molecule has 0 aliphatic carbocycles. The Morgan fingerprint density at radius 2 is 1.47 bits per heavy atom. The molecular weight excluding hydrogens is 460 g/mol. The molecule has 2 aliphatic heterocycles. The fourth-order valence-corrected chi connectivity index (χ4v) is 5.49. The van der Waals surface area contributed by atoms with Crippen LogP contribution >= 0.6 is 0 Å². The van der Waals surface area contributed by atoms with Crippen molar-refractivity contribution in [2.45, 2.75) is 128 Å². The fourth-order valence-electron chi connectivity index (χ4n) is 5.49. The van der Waals surface area contributed by atoms with Gasteiger partial charge in [-0.1, -0.05) is 64.7 Å². The van der Waals surface area contributed by atoms with Crippen LogP contribution in [-0.4, -0.2) is 76.4 Å². The zero-order valence-corrected chi connectivity index (χ0v) is 22.2. The van der Waals surface area contributed by atoms with Gasteiger partial charge in [0.25, 0.3) is 0 Å². The summed E-state index contributed by atoms with van der Waals surface area (Å²) in [6.07, 6.45) is 15.5. The highest BCUT2D eigenvalue weighted by Crippen LogP contribution is 2.25. The standard InChI is InChI=1S/C27H48N4O5/c1-2-3-4-5-6-7-8-9-10-11-18-30-19-12-15-23(30)27(36)31-20-13-14-22(31)26(35)29-21(25(28)34)16-17-24(32)33/h21-23H,2-20H2,1H3,(H2,28,34)(H,29,35)(H,32,33)/t21-,22+,23+/m1/s1. The molecule has 2 aliphatic rings. The van der Waals surface area contributed by atoms with Gasteiger partial charge in [0, 0.05) is 13.0 Å². The van der Waals surface area contributed by atoms with Gasteiger partial charge in [-0.25, -0.2) is 0 Å². The number of carbonyl (C=O) groups is 4. The average molecular weight is 509 g/mol. The maximum absolute atomic E-state index is 13.4. The number of nitrogens with two attached hydrogens (primary N) is 1. The lowest BCUT2D eigenvalue weighted by Crippen LogP contribution is -2.55. The van der Waals surface area contributed by atoms with Crippen LogP contribution in [0.25, 0.3) is 0 Å². The molecule has 3 amide bonds. The molecule has 0 radical (unpaired) electrons. The maximum atomic E-state index is 13.4. The van der Waals surface area contributed by atoms with Gasteiger partial charge in [0.15, 0.2) is 0 Å². The molecule has 0 aromatic rings. The third-order valence-electron chi connectivity index (χ3n) is 7.59. The van der Waals surface area contributed by atoms with E-state index in [9.17, 15) is 19.2 Å². The van der Waals surface area contributed by atoms with Crippen molar-refractivity contribution in [3.05, 3.63) is 0 Å². The number of nitrogens with one attached hydrogen (secondary N) is 1. The number of carboxylic acid groups (broad SMARTS) is 1. The van der Waals surface area contributed by atoms with Crippen LogP contribution < -0.4 is 11.1 Å². The van der Waals surface area contributed by atoms with Crippen LogP contribution in [0, 0.1) is 0 Å². The van der Waals surface area contributed by atoms with Gasteiger partial charge >= 0.3 is 5.97 Å². The van der Waals surface area contributed by atoms with Crippen LogP contribution in [0.5, 0.6) is 0 Å². The van der Waals surface area contributed by atoms with Crippen molar-refractivity contribution in [2.24, 2.45) is 5.73 Å². The minimum Gasteiger partial charge on any atom is -0.481 e. The van der Waals surface area contributed by atoms with Crippen molar-refractivity contribution in [2.75, 3.05) is 19.6 Å². The van der Waals surface area contributed by atoms with Gasteiger partial charge in [0.2, 0.25) is 17.7 Å². The summed E-state index contributed by atoms with van der Waals surface area (Å²) in [5.74, 6) is -2.25. The summed E-state index contributed by atoms with van der Waals surface area (Å²) in [5, 5.41) is 11.5. The molecular formula is C27H48N4O5. The van der Waals surface area contributed by atoms with Crippen molar-refractivity contribution >= 4 is 23.7 Å². The van der Waals surface area contributed by atoms with Crippen molar-refractivity contribution in [3.63, 3.8) is 0 Å². The normalized spacial score (nSPS) is 21.0. The lowest BCUT2D eigenvalue weighted by molar-refractivity contribution is -0.142. The Hall–Kier alpha value is -2.16. The first-order chi connectivity index (χ1) is 17.3. The molecule has 2 heterocycles. The Balaban J connectivity index is 1.77. The first-order valence-corrected chi connectivity index (χ1v) is 14.2. The molecule has 9 heteroatoms. The second-order valence-electron chi connectivity index (χ2n) is 10.5. The number of primary amides is 1. The van der Waals surface area contributed by atoms with E-state index >= 15 is 0 Å². The van der Waals surface area contributed by atoms with Gasteiger partial charge in [-0.3, -0.25) is 24.1 Å². The van der Waals surface area contributed by atoms with Gasteiger partial charge in [-0.2, -0.15) is 0 Å². The SMILES string of the molecule is CCCCCCCCCCCCN1CCC[C@H]1C(=O)N1CCC[C@H]1C(=O)N[C@H](CCC(=O)O)C(N)=O. The molecule has 0 bridgehead atoms. The van der Waals surface area contributed by atoms with Crippen LogP contribution in [-0.2, 0) is 19.2 Å². The number of hydrogen-bond donors (Lipinski definition) is 3. The van der Waals surface area contributed by atoms with Crippen molar-refractivity contribution in [1.82, 2.24) is 15.1 Å². The molecule has 3 atom stereocenters. The van der Waals surface area contributed by atoms with Gasteiger partial charge in [0.05, 0.1) is 6.04 Å². The molecule has 4 N–H and O–H groups in total. The van der Waals surface area contributed by atoms with Crippen LogP contribution in [0.4, 0.5) is 0 Å². The van der Waals surface area contributed by atoms with Gasteiger partial charge < -0.3 is 21.1 Å². The highest BCUT2D eigenvalue weighted by Gasteiger charge is 2.41. The largest absolute Gasteiger partial charge is 0.481 e. The Labute approximate surface area is 216 Å². The number of rotatable bonds is 18. The highest BCUT2D eigenvalue weighted by atomic mass is 16.4. The second kappa shape index (κ2) is 16.6. The molecule has 2 fully saturated rings. The van der Waals surface area contributed by atoms with Crippen LogP contribution in [0.2, 0.25) is 0 Å². The first kappa shape index (κ1) is 30.1. The molecule has 0 unspecified atom stereocenters. The van der Waals surface area contributed by atoms with Crippen molar-refractivity contribution < 1.29 is 24.3 Å². The van der Waals surface area contributed by atoms with Gasteiger partial charge in [-0.15, -0.1) is 0 Å². The molecule has 2 saturated heterocycles. The van der Waals surface area contributed by atoms with Crippen molar-refractivity contribution in [3.8, 4) is 0 Å². The number of hydrogen-bond acceptors (Lipinski definition) is 5. The number of unbranched alkanes of at least 4 members (excludes halogenated alkanes) is 9. The van der Waals surface area contributed by atoms with E-state index in [4.69, 9.17) is 10.8 Å². The molecule has 0 aromatic heterocycles. The first-order valence-electron chi connectivity index (χ1n) is 14.2. The van der Waals surface area contributed by atoms with E-state index in [2.05, 4.69) is 17.1 Å². The number of amides is 3. The molecule has 206 valence electrons. The van der Waals surface area contributed by atoms with Crippen LogP contribution in [0.1, 0.15) is 110 Å². The quantitative estimate of drug-likeness (QED) is 0.244. The summed E-state index contributed by atoms with van der Waals surface area (Å²) in [5.41, 5.74) is 5.36. The smallest absolute Gasteiger partial charge is 0.303 e. The van der Waals surface area contributed by atoms with Gasteiger partial charge in [-0.05, 0) is 51.6 Å².